The van der Waals surface area contributed by atoms with Gasteiger partial charge in [0.05, 0.1) is 18.8 Å². The zero-order valence-electron chi connectivity index (χ0n) is 9.40. The van der Waals surface area contributed by atoms with Gasteiger partial charge in [0.25, 0.3) is 0 Å². The van der Waals surface area contributed by atoms with E-state index in [0.29, 0.717) is 31.3 Å². The van der Waals surface area contributed by atoms with Gasteiger partial charge in [0.2, 0.25) is 5.95 Å². The van der Waals surface area contributed by atoms with Crippen LogP contribution in [0.25, 0.3) is 0 Å². The van der Waals surface area contributed by atoms with Crippen molar-refractivity contribution in [3.63, 3.8) is 0 Å². The molecular weight excluding hydrogens is 210 g/mol. The molecule has 0 spiro atoms. The number of nitrogens with one attached hydrogen (secondary N) is 1. The van der Waals surface area contributed by atoms with E-state index in [0.717, 1.165) is 0 Å². The minimum atomic E-state index is -0.411. The third kappa shape index (κ3) is 3.82. The zero-order chi connectivity index (χ0) is 11.8. The highest BCUT2D eigenvalue weighted by molar-refractivity contribution is 5.88. The monoisotopic (exact) mass is 225 g/mol. The molecule has 0 radical (unpaired) electrons. The minimum Gasteiger partial charge on any atom is -0.462 e. The van der Waals surface area contributed by atoms with Crippen molar-refractivity contribution < 1.29 is 14.3 Å². The number of hydrogen-bond donors (Lipinski definition) is 1. The summed E-state index contributed by atoms with van der Waals surface area (Å²) in [5.74, 6) is 0.0519. The summed E-state index contributed by atoms with van der Waals surface area (Å²) in [6.45, 7) is 3.28. The molecular formula is C10H15N3O3. The molecule has 1 N–H and O–H groups in total. The molecule has 0 amide bonds. The van der Waals surface area contributed by atoms with Crippen LogP contribution >= 0.6 is 0 Å². The Morgan fingerprint density at radius 1 is 1.44 bits per heavy atom. The second-order valence-corrected chi connectivity index (χ2v) is 2.94. The first-order valence-corrected chi connectivity index (χ1v) is 5.00. The molecule has 0 aliphatic carbocycles. The van der Waals surface area contributed by atoms with E-state index in [9.17, 15) is 4.79 Å². The first kappa shape index (κ1) is 12.4. The number of hydrogen-bond acceptors (Lipinski definition) is 6. The average Bonchev–Trinajstić information content (AvgIpc) is 2.30. The molecule has 0 aliphatic heterocycles. The van der Waals surface area contributed by atoms with E-state index in [2.05, 4.69) is 15.3 Å². The molecule has 0 fully saturated rings. The number of anilines is 1. The molecule has 1 heterocycles. The van der Waals surface area contributed by atoms with E-state index in [-0.39, 0.29) is 0 Å². The molecule has 1 aromatic rings. The number of methoxy groups -OCH3 is 1. The first-order chi connectivity index (χ1) is 7.77. The van der Waals surface area contributed by atoms with Crippen molar-refractivity contribution in [1.82, 2.24) is 9.97 Å². The molecule has 6 nitrogen and oxygen atoms in total. The second kappa shape index (κ2) is 6.73. The molecule has 0 aromatic carbocycles. The van der Waals surface area contributed by atoms with Gasteiger partial charge < -0.3 is 14.8 Å². The lowest BCUT2D eigenvalue weighted by Crippen LogP contribution is -2.11. The van der Waals surface area contributed by atoms with Crippen LogP contribution in [-0.4, -0.2) is 42.8 Å². The number of carbonyl (C=O) groups excluding carboxylic acids is 1. The normalized spacial score (nSPS) is 9.88. The maximum absolute atomic E-state index is 11.3. The Balaban J connectivity index is 2.50. The molecule has 0 bridgehead atoms. The Hall–Kier alpha value is -1.69. The highest BCUT2D eigenvalue weighted by atomic mass is 16.5. The lowest BCUT2D eigenvalue weighted by atomic mass is 10.3. The van der Waals surface area contributed by atoms with Crippen LogP contribution in [-0.2, 0) is 9.47 Å². The molecule has 0 saturated carbocycles. The quantitative estimate of drug-likeness (QED) is 0.568. The third-order valence-electron chi connectivity index (χ3n) is 1.75. The molecule has 16 heavy (non-hydrogen) atoms. The molecule has 6 heteroatoms. The van der Waals surface area contributed by atoms with E-state index < -0.39 is 5.97 Å². The Labute approximate surface area is 94.0 Å². The second-order valence-electron chi connectivity index (χ2n) is 2.94. The molecule has 0 atom stereocenters. The van der Waals surface area contributed by atoms with Crippen LogP contribution in [0, 0.1) is 0 Å². The highest BCUT2D eigenvalue weighted by Gasteiger charge is 2.07. The van der Waals surface area contributed by atoms with E-state index >= 15 is 0 Å². The molecule has 0 aliphatic rings. The third-order valence-corrected chi connectivity index (χ3v) is 1.75. The highest BCUT2D eigenvalue weighted by Crippen LogP contribution is 2.01. The smallest absolute Gasteiger partial charge is 0.341 e. The number of nitrogens with zero attached hydrogens (tertiary/aromatic N) is 2. The Morgan fingerprint density at radius 2 is 2.12 bits per heavy atom. The van der Waals surface area contributed by atoms with E-state index in [1.165, 1.54) is 12.4 Å². The number of ether oxygens (including phenoxy) is 2. The molecule has 88 valence electrons. The maximum Gasteiger partial charge on any atom is 0.341 e. The van der Waals surface area contributed by atoms with Gasteiger partial charge in [0, 0.05) is 26.0 Å². The van der Waals surface area contributed by atoms with Gasteiger partial charge in [-0.25, -0.2) is 14.8 Å². The zero-order valence-corrected chi connectivity index (χ0v) is 9.40. The van der Waals surface area contributed by atoms with Gasteiger partial charge >= 0.3 is 5.97 Å². The van der Waals surface area contributed by atoms with Gasteiger partial charge in [-0.05, 0) is 6.92 Å². The summed E-state index contributed by atoms with van der Waals surface area (Å²) >= 11 is 0. The van der Waals surface area contributed by atoms with Gasteiger partial charge in [0.1, 0.15) is 0 Å². The van der Waals surface area contributed by atoms with E-state index in [4.69, 9.17) is 9.47 Å². The average molecular weight is 225 g/mol. The summed E-state index contributed by atoms with van der Waals surface area (Å²) in [5.41, 5.74) is 0.346. The summed E-state index contributed by atoms with van der Waals surface area (Å²) in [5, 5.41) is 2.94. The summed E-state index contributed by atoms with van der Waals surface area (Å²) in [6.07, 6.45) is 2.86. The molecule has 0 saturated heterocycles. The fourth-order valence-corrected chi connectivity index (χ4v) is 1.00. The van der Waals surface area contributed by atoms with Crippen molar-refractivity contribution >= 4 is 11.9 Å². The van der Waals surface area contributed by atoms with Crippen LogP contribution in [0.4, 0.5) is 5.95 Å². The lowest BCUT2D eigenvalue weighted by Gasteiger charge is -2.04. The van der Waals surface area contributed by atoms with Crippen LogP contribution < -0.4 is 5.32 Å². The van der Waals surface area contributed by atoms with Crippen LogP contribution in [0.15, 0.2) is 12.4 Å². The Bertz CT molecular complexity index is 327. The minimum absolute atomic E-state index is 0.340. The van der Waals surface area contributed by atoms with Crippen molar-refractivity contribution in [2.75, 3.05) is 32.2 Å². The van der Waals surface area contributed by atoms with Crippen molar-refractivity contribution in [2.24, 2.45) is 0 Å². The number of rotatable bonds is 6. The van der Waals surface area contributed by atoms with Crippen LogP contribution in [0.1, 0.15) is 17.3 Å². The fraction of sp³-hybridized carbons (Fsp3) is 0.500. The first-order valence-electron chi connectivity index (χ1n) is 5.00. The van der Waals surface area contributed by atoms with Gasteiger partial charge in [0.15, 0.2) is 0 Å². The van der Waals surface area contributed by atoms with Crippen LogP contribution in [0.3, 0.4) is 0 Å². The molecule has 1 aromatic heterocycles. The Morgan fingerprint density at radius 3 is 2.69 bits per heavy atom. The van der Waals surface area contributed by atoms with Crippen molar-refractivity contribution in [2.45, 2.75) is 6.92 Å². The number of aromatic nitrogens is 2. The maximum atomic E-state index is 11.3. The standard InChI is InChI=1S/C10H15N3O3/c1-3-16-9(14)8-6-12-10(13-7-8)11-4-5-15-2/h6-7H,3-5H2,1-2H3,(H,11,12,13). The summed E-state index contributed by atoms with van der Waals surface area (Å²) in [6, 6.07) is 0. The molecule has 1 rings (SSSR count). The van der Waals surface area contributed by atoms with Crippen molar-refractivity contribution in [3.8, 4) is 0 Å². The summed E-state index contributed by atoms with van der Waals surface area (Å²) < 4.78 is 9.67. The van der Waals surface area contributed by atoms with E-state index in [1.807, 2.05) is 0 Å². The number of esters is 1. The van der Waals surface area contributed by atoms with Crippen molar-refractivity contribution in [3.05, 3.63) is 18.0 Å². The van der Waals surface area contributed by atoms with Crippen LogP contribution in [0.5, 0.6) is 0 Å². The van der Waals surface area contributed by atoms with Gasteiger partial charge in [-0.15, -0.1) is 0 Å². The van der Waals surface area contributed by atoms with Gasteiger partial charge in [-0.2, -0.15) is 0 Å². The lowest BCUT2D eigenvalue weighted by molar-refractivity contribution is 0.0525. The van der Waals surface area contributed by atoms with Crippen molar-refractivity contribution in [1.29, 1.82) is 0 Å². The SMILES string of the molecule is CCOC(=O)c1cnc(NCCOC)nc1. The predicted molar refractivity (Wildman–Crippen MR) is 58.4 cm³/mol. The van der Waals surface area contributed by atoms with E-state index in [1.54, 1.807) is 14.0 Å². The fourth-order valence-electron chi connectivity index (χ4n) is 1.00. The van der Waals surface area contributed by atoms with Crippen LogP contribution in [0.2, 0.25) is 0 Å². The number of carbonyl (C=O) groups is 1. The topological polar surface area (TPSA) is 73.3 Å². The predicted octanol–water partition coefficient (Wildman–Crippen LogP) is 0.712. The van der Waals surface area contributed by atoms with Gasteiger partial charge in [-0.3, -0.25) is 0 Å². The molecule has 0 unspecified atom stereocenters. The summed E-state index contributed by atoms with van der Waals surface area (Å²) in [4.78, 5) is 19.2. The largest absolute Gasteiger partial charge is 0.462 e. The Kier molecular flexibility index (Phi) is 5.21. The van der Waals surface area contributed by atoms with Gasteiger partial charge in [-0.1, -0.05) is 0 Å². The summed E-state index contributed by atoms with van der Waals surface area (Å²) in [7, 11) is 1.62.